The number of amides is 1. The lowest BCUT2D eigenvalue weighted by atomic mass is 10.1. The summed E-state index contributed by atoms with van der Waals surface area (Å²) in [6.45, 7) is 1.14. The summed E-state index contributed by atoms with van der Waals surface area (Å²) in [7, 11) is 0. The van der Waals surface area contributed by atoms with E-state index >= 15 is 0 Å². The van der Waals surface area contributed by atoms with E-state index in [-0.39, 0.29) is 24.4 Å². The van der Waals surface area contributed by atoms with Crippen LogP contribution in [0.1, 0.15) is 24.0 Å². The summed E-state index contributed by atoms with van der Waals surface area (Å²) in [6.07, 6.45) is 1.29. The highest BCUT2D eigenvalue weighted by molar-refractivity contribution is 5.93. The van der Waals surface area contributed by atoms with Gasteiger partial charge < -0.3 is 10.6 Å². The molecule has 2 aromatic rings. The third-order valence-corrected chi connectivity index (χ3v) is 4.15. The van der Waals surface area contributed by atoms with Gasteiger partial charge in [-0.05, 0) is 17.5 Å². The molecule has 5 heteroatoms. The van der Waals surface area contributed by atoms with E-state index in [0.29, 0.717) is 25.3 Å². The Labute approximate surface area is 148 Å². The quantitative estimate of drug-likeness (QED) is 0.669. The summed E-state index contributed by atoms with van der Waals surface area (Å²) in [5.74, 6) is 0.701. The van der Waals surface area contributed by atoms with Gasteiger partial charge in [0, 0.05) is 13.0 Å². The van der Waals surface area contributed by atoms with Gasteiger partial charge in [0.15, 0.2) is 0 Å². The van der Waals surface area contributed by atoms with Crippen molar-refractivity contribution in [3.8, 4) is 0 Å². The Morgan fingerprint density at radius 3 is 2.25 bits per heavy atom. The molecule has 1 amide bonds. The molecule has 0 aromatic heterocycles. The molecule has 1 aliphatic heterocycles. The van der Waals surface area contributed by atoms with Crippen molar-refractivity contribution < 1.29 is 4.79 Å². The van der Waals surface area contributed by atoms with Gasteiger partial charge in [-0.25, -0.2) is 0 Å². The maximum absolute atomic E-state index is 12.2. The van der Waals surface area contributed by atoms with E-state index in [1.807, 2.05) is 65.6 Å². The third-order valence-electron chi connectivity index (χ3n) is 4.15. The molecule has 1 fully saturated rings. The number of hydrogen-bond acceptors (Lipinski definition) is 2. The zero-order valence-corrected chi connectivity index (χ0v) is 14.3. The van der Waals surface area contributed by atoms with Crippen LogP contribution in [0.25, 0.3) is 0 Å². The molecule has 0 radical (unpaired) electrons. The summed E-state index contributed by atoms with van der Waals surface area (Å²) < 4.78 is 0. The smallest absolute Gasteiger partial charge is 0.223 e. The first-order valence-electron chi connectivity index (χ1n) is 7.91. The second-order valence-corrected chi connectivity index (χ2v) is 5.79. The van der Waals surface area contributed by atoms with E-state index in [1.54, 1.807) is 0 Å². The van der Waals surface area contributed by atoms with Gasteiger partial charge in [-0.2, -0.15) is 0 Å². The van der Waals surface area contributed by atoms with Crippen LogP contribution in [0.4, 0.5) is 0 Å². The van der Waals surface area contributed by atoms with E-state index in [0.717, 1.165) is 17.5 Å². The first-order chi connectivity index (χ1) is 11.2. The normalized spacial score (nSPS) is 17.7. The van der Waals surface area contributed by atoms with Crippen LogP contribution in [0.15, 0.2) is 65.7 Å². The van der Waals surface area contributed by atoms with Gasteiger partial charge in [-0.1, -0.05) is 60.7 Å². The lowest BCUT2D eigenvalue weighted by Gasteiger charge is -2.24. The van der Waals surface area contributed by atoms with E-state index in [2.05, 4.69) is 4.99 Å². The number of carbonyl (C=O) groups excluding carboxylic acids is 1. The number of nitrogens with zero attached hydrogens (tertiary/aromatic N) is 2. The van der Waals surface area contributed by atoms with Crippen molar-refractivity contribution >= 4 is 24.1 Å². The van der Waals surface area contributed by atoms with Gasteiger partial charge in [0.2, 0.25) is 5.91 Å². The highest BCUT2D eigenvalue weighted by Crippen LogP contribution is 2.22. The van der Waals surface area contributed by atoms with Gasteiger partial charge in [0.1, 0.15) is 5.84 Å². The number of nitrogens with two attached hydrogens (primary N) is 1. The zero-order valence-electron chi connectivity index (χ0n) is 13.5. The fourth-order valence-electron chi connectivity index (χ4n) is 2.89. The highest BCUT2D eigenvalue weighted by atomic mass is 35.5. The van der Waals surface area contributed by atoms with Gasteiger partial charge >= 0.3 is 0 Å². The summed E-state index contributed by atoms with van der Waals surface area (Å²) in [6, 6.07) is 19.9. The van der Waals surface area contributed by atoms with Crippen LogP contribution in [0, 0.1) is 0 Å². The average molecular weight is 344 g/mol. The minimum absolute atomic E-state index is 0. The number of benzene rings is 2. The van der Waals surface area contributed by atoms with Crippen molar-refractivity contribution in [2.24, 2.45) is 10.7 Å². The number of carbonyl (C=O) groups is 1. The van der Waals surface area contributed by atoms with Crippen molar-refractivity contribution in [2.75, 3.05) is 0 Å². The van der Waals surface area contributed by atoms with Crippen molar-refractivity contribution in [1.82, 2.24) is 4.90 Å². The Hall–Kier alpha value is -2.33. The van der Waals surface area contributed by atoms with Crippen LogP contribution >= 0.6 is 12.4 Å². The van der Waals surface area contributed by atoms with Crippen molar-refractivity contribution in [1.29, 1.82) is 0 Å². The topological polar surface area (TPSA) is 58.7 Å². The van der Waals surface area contributed by atoms with E-state index < -0.39 is 0 Å². The standard InChI is InChI=1S/C19H21N3O.ClH/c20-19(21-13-15-7-3-1-4-8-15)17-11-12-18(23)22(17)14-16-9-5-2-6-10-16;/h1-10,17H,11-14H2,(H2,20,21);1H/t17-;/m0./s1. The van der Waals surface area contributed by atoms with Gasteiger partial charge in [-0.3, -0.25) is 9.79 Å². The van der Waals surface area contributed by atoms with Crippen molar-refractivity contribution in [2.45, 2.75) is 32.0 Å². The summed E-state index contributed by atoms with van der Waals surface area (Å²) in [5, 5.41) is 0. The lowest BCUT2D eigenvalue weighted by Crippen LogP contribution is -2.42. The minimum atomic E-state index is -0.0913. The second-order valence-electron chi connectivity index (χ2n) is 5.79. The Bertz CT molecular complexity index is 688. The molecule has 2 aromatic carbocycles. The number of amidine groups is 1. The van der Waals surface area contributed by atoms with Crippen LogP contribution < -0.4 is 5.73 Å². The molecule has 3 rings (SSSR count). The van der Waals surface area contributed by atoms with Crippen molar-refractivity contribution in [3.05, 3.63) is 71.8 Å². The van der Waals surface area contributed by atoms with E-state index in [9.17, 15) is 4.79 Å². The number of rotatable bonds is 5. The van der Waals surface area contributed by atoms with Crippen LogP contribution in [0.5, 0.6) is 0 Å². The Morgan fingerprint density at radius 2 is 1.62 bits per heavy atom. The molecule has 0 unspecified atom stereocenters. The molecule has 24 heavy (non-hydrogen) atoms. The predicted molar refractivity (Wildman–Crippen MR) is 99.0 cm³/mol. The molecule has 1 heterocycles. The first-order valence-corrected chi connectivity index (χ1v) is 7.91. The largest absolute Gasteiger partial charge is 0.386 e. The minimum Gasteiger partial charge on any atom is -0.386 e. The van der Waals surface area contributed by atoms with Crippen molar-refractivity contribution in [3.63, 3.8) is 0 Å². The molecule has 1 aliphatic rings. The highest BCUT2D eigenvalue weighted by Gasteiger charge is 2.33. The van der Waals surface area contributed by atoms with Crippen LogP contribution in [-0.4, -0.2) is 22.7 Å². The van der Waals surface area contributed by atoms with Gasteiger partial charge in [0.25, 0.3) is 0 Å². The maximum atomic E-state index is 12.2. The van der Waals surface area contributed by atoms with E-state index in [4.69, 9.17) is 5.73 Å². The Balaban J connectivity index is 0.00000208. The average Bonchev–Trinajstić information content (AvgIpc) is 2.95. The number of halogens is 1. The Morgan fingerprint density at radius 1 is 1.04 bits per heavy atom. The molecular weight excluding hydrogens is 322 g/mol. The Kier molecular flexibility index (Phi) is 6.38. The molecule has 4 nitrogen and oxygen atoms in total. The summed E-state index contributed by atoms with van der Waals surface area (Å²) >= 11 is 0. The monoisotopic (exact) mass is 343 g/mol. The lowest BCUT2D eigenvalue weighted by molar-refractivity contribution is -0.128. The fraction of sp³-hybridized carbons (Fsp3) is 0.263. The second kappa shape index (κ2) is 8.50. The molecule has 0 bridgehead atoms. The fourth-order valence-corrected chi connectivity index (χ4v) is 2.89. The first kappa shape index (κ1) is 18.0. The molecule has 126 valence electrons. The van der Waals surface area contributed by atoms with Crippen LogP contribution in [0.2, 0.25) is 0 Å². The van der Waals surface area contributed by atoms with Crippen LogP contribution in [0.3, 0.4) is 0 Å². The predicted octanol–water partition coefficient (Wildman–Crippen LogP) is 3.16. The number of likely N-dealkylation sites (tertiary alicyclic amines) is 1. The molecule has 0 aliphatic carbocycles. The summed E-state index contributed by atoms with van der Waals surface area (Å²) in [5.41, 5.74) is 8.42. The summed E-state index contributed by atoms with van der Waals surface area (Å²) in [4.78, 5) is 18.5. The SMILES string of the molecule is Cl.NC(=NCc1ccccc1)[C@@H]1CCC(=O)N1Cc1ccccc1. The van der Waals surface area contributed by atoms with E-state index in [1.165, 1.54) is 0 Å². The van der Waals surface area contributed by atoms with Gasteiger partial charge in [0.05, 0.1) is 12.6 Å². The molecular formula is C19H22ClN3O. The number of aliphatic imine (C=N–C) groups is 1. The zero-order chi connectivity index (χ0) is 16.1. The van der Waals surface area contributed by atoms with Crippen LogP contribution in [-0.2, 0) is 17.9 Å². The number of hydrogen-bond donors (Lipinski definition) is 1. The maximum Gasteiger partial charge on any atom is 0.223 e. The third kappa shape index (κ3) is 4.36. The molecule has 2 N–H and O–H groups in total. The van der Waals surface area contributed by atoms with Gasteiger partial charge in [-0.15, -0.1) is 12.4 Å². The molecule has 1 atom stereocenters. The molecule has 0 spiro atoms. The molecule has 0 saturated carbocycles. The molecule has 1 saturated heterocycles.